The fourth-order valence-electron chi connectivity index (χ4n) is 2.94. The van der Waals surface area contributed by atoms with Gasteiger partial charge < -0.3 is 19.5 Å². The molecule has 0 aromatic heterocycles. The van der Waals surface area contributed by atoms with Crippen molar-refractivity contribution >= 4 is 17.4 Å². The summed E-state index contributed by atoms with van der Waals surface area (Å²) in [4.78, 5) is 25.0. The van der Waals surface area contributed by atoms with Gasteiger partial charge in [0, 0.05) is 31.7 Å². The molecule has 0 saturated carbocycles. The molecule has 0 saturated heterocycles. The number of carboxylic acid groups (broad SMARTS) is 1. The van der Waals surface area contributed by atoms with Crippen molar-refractivity contribution in [1.82, 2.24) is 4.90 Å². The monoisotopic (exact) mass is 411 g/mol. The predicted octanol–water partition coefficient (Wildman–Crippen LogP) is 4.04. The van der Waals surface area contributed by atoms with Crippen LogP contribution in [0, 0.1) is 0 Å². The highest BCUT2D eigenvalue weighted by atomic mass is 16.5. The van der Waals surface area contributed by atoms with E-state index in [-0.39, 0.29) is 5.91 Å². The van der Waals surface area contributed by atoms with E-state index in [0.29, 0.717) is 31.2 Å². The van der Waals surface area contributed by atoms with Gasteiger partial charge in [-0.25, -0.2) is 4.79 Å². The van der Waals surface area contributed by atoms with Crippen molar-refractivity contribution in [3.63, 3.8) is 0 Å². The molecule has 0 aliphatic heterocycles. The number of hydrogen-bond donors (Lipinski definition) is 1. The van der Waals surface area contributed by atoms with Gasteiger partial charge in [0.15, 0.2) is 6.61 Å². The van der Waals surface area contributed by atoms with Crippen LogP contribution in [0.1, 0.15) is 31.9 Å². The van der Waals surface area contributed by atoms with Crippen molar-refractivity contribution in [2.24, 2.45) is 0 Å². The molecule has 6 nitrogen and oxygen atoms in total. The summed E-state index contributed by atoms with van der Waals surface area (Å²) in [6.45, 7) is 6.99. The smallest absolute Gasteiger partial charge is 0.341 e. The Morgan fingerprint density at radius 1 is 1.00 bits per heavy atom. The van der Waals surface area contributed by atoms with Gasteiger partial charge >= 0.3 is 5.97 Å². The maximum atomic E-state index is 12.4. The molecule has 0 aliphatic carbocycles. The number of likely N-dealkylation sites (N-methyl/N-ethyl adjacent to an activating group) is 1. The van der Waals surface area contributed by atoms with Crippen LogP contribution in [-0.4, -0.2) is 48.2 Å². The van der Waals surface area contributed by atoms with Crippen LogP contribution < -0.4 is 9.47 Å². The van der Waals surface area contributed by atoms with Crippen LogP contribution in [0.15, 0.2) is 54.6 Å². The largest absolute Gasteiger partial charge is 0.493 e. The third kappa shape index (κ3) is 7.28. The first-order chi connectivity index (χ1) is 14.4. The molecule has 0 radical (unpaired) electrons. The molecule has 0 bridgehead atoms. The number of carboxylic acids is 1. The second-order valence-corrected chi connectivity index (χ2v) is 6.80. The minimum absolute atomic E-state index is 0.0686. The van der Waals surface area contributed by atoms with Gasteiger partial charge in [0.2, 0.25) is 5.91 Å². The zero-order chi connectivity index (χ0) is 21.9. The molecule has 1 amide bonds. The first kappa shape index (κ1) is 23.0. The number of ether oxygens (including phenoxy) is 2. The van der Waals surface area contributed by atoms with Gasteiger partial charge in [0.05, 0.1) is 6.61 Å². The highest BCUT2D eigenvalue weighted by Gasteiger charge is 2.11. The highest BCUT2D eigenvalue weighted by Crippen LogP contribution is 2.27. The summed E-state index contributed by atoms with van der Waals surface area (Å²) >= 11 is 0. The summed E-state index contributed by atoms with van der Waals surface area (Å²) in [6.07, 6.45) is 2.32. The number of allylic oxidation sites excluding steroid dienone is 1. The number of hydrogen-bond acceptors (Lipinski definition) is 4. The number of amides is 1. The van der Waals surface area contributed by atoms with Gasteiger partial charge in [-0.2, -0.15) is 0 Å². The van der Waals surface area contributed by atoms with E-state index in [0.717, 1.165) is 23.1 Å². The summed E-state index contributed by atoms with van der Waals surface area (Å²) in [5, 5.41) is 8.91. The predicted molar refractivity (Wildman–Crippen MR) is 117 cm³/mol. The second kappa shape index (κ2) is 11.7. The van der Waals surface area contributed by atoms with Gasteiger partial charge in [-0.15, -0.1) is 0 Å². The molecule has 0 heterocycles. The van der Waals surface area contributed by atoms with Gasteiger partial charge in [-0.1, -0.05) is 30.3 Å². The lowest BCUT2D eigenvalue weighted by atomic mass is 10.1. The molecule has 0 unspecified atom stereocenters. The van der Waals surface area contributed by atoms with E-state index >= 15 is 0 Å². The Morgan fingerprint density at radius 2 is 1.63 bits per heavy atom. The van der Waals surface area contributed by atoms with Crippen molar-refractivity contribution in [3.8, 4) is 11.5 Å². The average molecular weight is 411 g/mol. The summed E-state index contributed by atoms with van der Waals surface area (Å²) in [5.74, 6) is -0.184. The van der Waals surface area contributed by atoms with Crippen molar-refractivity contribution in [2.45, 2.75) is 27.2 Å². The lowest BCUT2D eigenvalue weighted by molar-refractivity contribution is -0.139. The first-order valence-corrected chi connectivity index (χ1v) is 10.1. The van der Waals surface area contributed by atoms with Crippen molar-refractivity contribution in [1.29, 1.82) is 0 Å². The molecule has 2 aromatic rings. The van der Waals surface area contributed by atoms with Gasteiger partial charge in [-0.3, -0.25) is 4.79 Å². The third-order valence-corrected chi connectivity index (χ3v) is 4.62. The lowest BCUT2D eigenvalue weighted by Crippen LogP contribution is -2.28. The molecule has 160 valence electrons. The van der Waals surface area contributed by atoms with Crippen molar-refractivity contribution in [3.05, 3.63) is 65.7 Å². The third-order valence-electron chi connectivity index (χ3n) is 4.62. The van der Waals surface area contributed by atoms with Gasteiger partial charge in [-0.05, 0) is 49.6 Å². The number of benzene rings is 2. The van der Waals surface area contributed by atoms with E-state index in [1.54, 1.807) is 23.1 Å². The molecular formula is C24H29NO5. The van der Waals surface area contributed by atoms with E-state index in [1.165, 1.54) is 0 Å². The van der Waals surface area contributed by atoms with Gasteiger partial charge in [0.1, 0.15) is 11.5 Å². The highest BCUT2D eigenvalue weighted by molar-refractivity contribution is 5.95. The molecule has 1 N–H and O–H groups in total. The Kier molecular flexibility index (Phi) is 8.94. The Hall–Kier alpha value is -3.28. The number of carbonyl (C=O) groups excluding carboxylic acids is 1. The van der Waals surface area contributed by atoms with Crippen LogP contribution in [0.4, 0.5) is 0 Å². The molecular weight excluding hydrogens is 382 g/mol. The fraction of sp³-hybridized carbons (Fsp3) is 0.333. The summed E-state index contributed by atoms with van der Waals surface area (Å²) in [6, 6.07) is 15.2. The minimum atomic E-state index is -1.06. The Balaban J connectivity index is 2.20. The van der Waals surface area contributed by atoms with Crippen LogP contribution in [0.5, 0.6) is 11.5 Å². The normalized spacial score (nSPS) is 11.1. The fourth-order valence-corrected chi connectivity index (χ4v) is 2.94. The number of carbonyl (C=O) groups is 2. The first-order valence-electron chi connectivity index (χ1n) is 10.1. The molecule has 2 aromatic carbocycles. The summed E-state index contributed by atoms with van der Waals surface area (Å²) < 4.78 is 11.2. The summed E-state index contributed by atoms with van der Waals surface area (Å²) in [5.41, 5.74) is 2.66. The Morgan fingerprint density at radius 3 is 2.23 bits per heavy atom. The number of rotatable bonds is 11. The van der Waals surface area contributed by atoms with Crippen LogP contribution in [-0.2, 0) is 16.0 Å². The zero-order valence-corrected chi connectivity index (χ0v) is 17.8. The van der Waals surface area contributed by atoms with Crippen molar-refractivity contribution < 1.29 is 24.2 Å². The molecule has 0 spiro atoms. The summed E-state index contributed by atoms with van der Waals surface area (Å²) in [7, 11) is 0. The lowest BCUT2D eigenvalue weighted by Gasteiger charge is -2.17. The quantitative estimate of drug-likeness (QED) is 0.565. The van der Waals surface area contributed by atoms with E-state index in [4.69, 9.17) is 14.6 Å². The maximum absolute atomic E-state index is 12.4. The van der Waals surface area contributed by atoms with Crippen LogP contribution >= 0.6 is 0 Å². The Labute approximate surface area is 177 Å². The van der Waals surface area contributed by atoms with Crippen LogP contribution in [0.3, 0.4) is 0 Å². The average Bonchev–Trinajstić information content (AvgIpc) is 2.73. The SMILES string of the molecule is CCN(CC)C(=O)/C=C(/C)c1cc(OCCc2ccccc2)cc(OCC(=O)O)c1. The van der Waals surface area contributed by atoms with E-state index in [1.807, 2.05) is 57.2 Å². The standard InChI is InChI=1S/C24H29NO5/c1-4-25(5-2)23(26)13-18(3)20-14-21(16-22(15-20)30-17-24(27)28)29-12-11-19-9-7-6-8-10-19/h6-10,13-16H,4-5,11-12,17H2,1-3H3,(H,27,28)/b18-13-. The Bertz CT molecular complexity index is 872. The number of nitrogens with zero attached hydrogens (tertiary/aromatic N) is 1. The second-order valence-electron chi connectivity index (χ2n) is 6.80. The van der Waals surface area contributed by atoms with E-state index in [9.17, 15) is 9.59 Å². The molecule has 6 heteroatoms. The molecule has 0 atom stereocenters. The maximum Gasteiger partial charge on any atom is 0.341 e. The minimum Gasteiger partial charge on any atom is -0.493 e. The zero-order valence-electron chi connectivity index (χ0n) is 17.8. The van der Waals surface area contributed by atoms with Crippen LogP contribution in [0.2, 0.25) is 0 Å². The molecule has 0 fully saturated rings. The number of aliphatic carboxylic acids is 1. The van der Waals surface area contributed by atoms with E-state index in [2.05, 4.69) is 0 Å². The molecule has 2 rings (SSSR count). The van der Waals surface area contributed by atoms with Crippen molar-refractivity contribution in [2.75, 3.05) is 26.3 Å². The van der Waals surface area contributed by atoms with Crippen LogP contribution in [0.25, 0.3) is 5.57 Å². The molecule has 0 aliphatic rings. The van der Waals surface area contributed by atoms with E-state index < -0.39 is 12.6 Å². The topological polar surface area (TPSA) is 76.1 Å². The molecule has 30 heavy (non-hydrogen) atoms. The van der Waals surface area contributed by atoms with Gasteiger partial charge in [0.25, 0.3) is 0 Å².